The number of likely N-dealkylation sites (N-methyl/N-ethyl adjacent to an activating group) is 1. The Morgan fingerprint density at radius 1 is 1.11 bits per heavy atom. The summed E-state index contributed by atoms with van der Waals surface area (Å²) in [4.78, 5) is 27.2. The van der Waals surface area contributed by atoms with Gasteiger partial charge in [-0.3, -0.25) is 9.59 Å². The van der Waals surface area contributed by atoms with E-state index in [9.17, 15) is 9.59 Å². The molecule has 0 saturated heterocycles. The summed E-state index contributed by atoms with van der Waals surface area (Å²) in [6.45, 7) is 10.9. The lowest BCUT2D eigenvalue weighted by molar-refractivity contribution is -0.131. The molecule has 0 aliphatic carbocycles. The van der Waals surface area contributed by atoms with E-state index in [1.165, 1.54) is 10.2 Å². The molecule has 0 fully saturated rings. The van der Waals surface area contributed by atoms with Gasteiger partial charge in [-0.2, -0.15) is 10.2 Å². The van der Waals surface area contributed by atoms with Crippen LogP contribution >= 0.6 is 0 Å². The van der Waals surface area contributed by atoms with Crippen LogP contribution in [0.4, 0.5) is 0 Å². The van der Waals surface area contributed by atoms with E-state index in [1.54, 1.807) is 15.8 Å². The third-order valence-corrected chi connectivity index (χ3v) is 5.00. The average molecular weight is 367 g/mol. The summed E-state index contributed by atoms with van der Waals surface area (Å²) < 4.78 is 2.88. The molecular weight excluding hydrogens is 342 g/mol. The van der Waals surface area contributed by atoms with Crippen molar-refractivity contribution in [3.8, 4) is 5.69 Å². The van der Waals surface area contributed by atoms with Crippen LogP contribution in [0.25, 0.3) is 16.6 Å². The standard InChI is InChI=1S/C20H25N5O2/c1-6-23(7-2)18(26)12-24-20(27)19-17(15(5)22-24)11-21-25(19)16-9-8-13(3)14(4)10-16/h8-11H,6-7,12H2,1-5H3. The van der Waals surface area contributed by atoms with Gasteiger partial charge in [-0.25, -0.2) is 9.36 Å². The minimum absolute atomic E-state index is 0.0740. The van der Waals surface area contributed by atoms with Crippen molar-refractivity contribution in [2.24, 2.45) is 0 Å². The number of hydrogen-bond donors (Lipinski definition) is 0. The van der Waals surface area contributed by atoms with Crippen molar-refractivity contribution < 1.29 is 4.79 Å². The van der Waals surface area contributed by atoms with Gasteiger partial charge in [0.05, 0.1) is 17.6 Å². The fourth-order valence-electron chi connectivity index (χ4n) is 3.19. The lowest BCUT2D eigenvalue weighted by Crippen LogP contribution is -2.37. The van der Waals surface area contributed by atoms with Crippen molar-refractivity contribution in [3.63, 3.8) is 0 Å². The minimum atomic E-state index is -0.313. The first-order valence-corrected chi connectivity index (χ1v) is 9.18. The first-order chi connectivity index (χ1) is 12.9. The van der Waals surface area contributed by atoms with Gasteiger partial charge in [0.25, 0.3) is 5.56 Å². The van der Waals surface area contributed by atoms with Gasteiger partial charge < -0.3 is 4.90 Å². The van der Waals surface area contributed by atoms with E-state index < -0.39 is 0 Å². The fraction of sp³-hybridized carbons (Fsp3) is 0.400. The number of benzene rings is 1. The third-order valence-electron chi connectivity index (χ3n) is 5.00. The highest BCUT2D eigenvalue weighted by molar-refractivity contribution is 5.82. The van der Waals surface area contributed by atoms with Crippen LogP contribution in [-0.2, 0) is 11.3 Å². The summed E-state index contributed by atoms with van der Waals surface area (Å²) in [5.41, 5.74) is 3.92. The smallest absolute Gasteiger partial charge is 0.293 e. The molecule has 1 amide bonds. The van der Waals surface area contributed by atoms with Gasteiger partial charge in [-0.05, 0) is 57.9 Å². The summed E-state index contributed by atoms with van der Waals surface area (Å²) in [5.74, 6) is -0.120. The molecule has 0 aliphatic rings. The molecular formula is C20H25N5O2. The molecule has 3 rings (SSSR count). The molecule has 0 bridgehead atoms. The van der Waals surface area contributed by atoms with E-state index in [-0.39, 0.29) is 18.0 Å². The maximum absolute atomic E-state index is 13.1. The summed E-state index contributed by atoms with van der Waals surface area (Å²) in [6.07, 6.45) is 1.66. The van der Waals surface area contributed by atoms with Crippen LogP contribution in [0.5, 0.6) is 0 Å². The first-order valence-electron chi connectivity index (χ1n) is 9.18. The molecule has 0 atom stereocenters. The van der Waals surface area contributed by atoms with Gasteiger partial charge in [-0.1, -0.05) is 6.07 Å². The Kier molecular flexibility index (Phi) is 5.12. The van der Waals surface area contributed by atoms with Crippen LogP contribution in [0.3, 0.4) is 0 Å². The molecule has 3 aromatic rings. The van der Waals surface area contributed by atoms with Crippen molar-refractivity contribution in [2.45, 2.75) is 41.2 Å². The number of aromatic nitrogens is 4. The SMILES string of the molecule is CCN(CC)C(=O)Cn1nc(C)c2cnn(-c3ccc(C)c(C)c3)c2c1=O. The quantitative estimate of drug-likeness (QED) is 0.694. The summed E-state index contributed by atoms with van der Waals surface area (Å²) in [7, 11) is 0. The maximum Gasteiger partial charge on any atom is 0.293 e. The van der Waals surface area contributed by atoms with E-state index in [2.05, 4.69) is 10.2 Å². The summed E-state index contributed by atoms with van der Waals surface area (Å²) in [5, 5.41) is 9.45. The average Bonchev–Trinajstić information content (AvgIpc) is 3.08. The molecule has 0 radical (unpaired) electrons. The van der Waals surface area contributed by atoms with Gasteiger partial charge in [0, 0.05) is 18.5 Å². The number of rotatable bonds is 5. The van der Waals surface area contributed by atoms with Crippen molar-refractivity contribution >= 4 is 16.8 Å². The summed E-state index contributed by atoms with van der Waals surface area (Å²) >= 11 is 0. The molecule has 1 aromatic carbocycles. The Balaban J connectivity index is 2.14. The molecule has 0 aliphatic heterocycles. The Labute approximate surface area is 158 Å². The predicted molar refractivity (Wildman–Crippen MR) is 105 cm³/mol. The second kappa shape index (κ2) is 7.34. The monoisotopic (exact) mass is 367 g/mol. The van der Waals surface area contributed by atoms with Crippen molar-refractivity contribution in [2.75, 3.05) is 13.1 Å². The first kappa shape index (κ1) is 18.8. The number of hydrogen-bond acceptors (Lipinski definition) is 4. The van der Waals surface area contributed by atoms with Gasteiger partial charge >= 0.3 is 0 Å². The maximum atomic E-state index is 13.1. The molecule has 7 heteroatoms. The predicted octanol–water partition coefficient (Wildman–Crippen LogP) is 2.38. The van der Waals surface area contributed by atoms with Crippen molar-refractivity contribution in [1.29, 1.82) is 0 Å². The lowest BCUT2D eigenvalue weighted by atomic mass is 10.1. The zero-order valence-corrected chi connectivity index (χ0v) is 16.5. The number of amides is 1. The molecule has 27 heavy (non-hydrogen) atoms. The molecule has 0 spiro atoms. The van der Waals surface area contributed by atoms with Crippen LogP contribution < -0.4 is 5.56 Å². The van der Waals surface area contributed by atoms with Crippen LogP contribution in [0.15, 0.2) is 29.2 Å². The van der Waals surface area contributed by atoms with Gasteiger partial charge in [0.15, 0.2) is 0 Å². The number of carbonyl (C=O) groups excluding carboxylic acids is 1. The normalized spacial score (nSPS) is 11.1. The molecule has 2 aromatic heterocycles. The molecule has 0 unspecified atom stereocenters. The highest BCUT2D eigenvalue weighted by Crippen LogP contribution is 2.19. The molecule has 2 heterocycles. The topological polar surface area (TPSA) is 73.0 Å². The minimum Gasteiger partial charge on any atom is -0.342 e. The van der Waals surface area contributed by atoms with Crippen LogP contribution in [0, 0.1) is 20.8 Å². The van der Waals surface area contributed by atoms with E-state index in [0.717, 1.165) is 11.3 Å². The lowest BCUT2D eigenvalue weighted by Gasteiger charge is -2.19. The number of carbonyl (C=O) groups is 1. The van der Waals surface area contributed by atoms with Crippen molar-refractivity contribution in [1.82, 2.24) is 24.5 Å². The summed E-state index contributed by atoms with van der Waals surface area (Å²) in [6, 6.07) is 5.95. The molecule has 0 N–H and O–H groups in total. The number of fused-ring (bicyclic) bond motifs is 1. The molecule has 7 nitrogen and oxygen atoms in total. The largest absolute Gasteiger partial charge is 0.342 e. The van der Waals surface area contributed by atoms with Crippen LogP contribution in [0.2, 0.25) is 0 Å². The second-order valence-electron chi connectivity index (χ2n) is 6.70. The van der Waals surface area contributed by atoms with Crippen molar-refractivity contribution in [3.05, 3.63) is 51.6 Å². The Morgan fingerprint density at radius 3 is 2.44 bits per heavy atom. The fourth-order valence-corrected chi connectivity index (χ4v) is 3.19. The Morgan fingerprint density at radius 2 is 1.81 bits per heavy atom. The van der Waals surface area contributed by atoms with E-state index in [4.69, 9.17) is 0 Å². The number of aryl methyl sites for hydroxylation is 3. The highest BCUT2D eigenvalue weighted by Gasteiger charge is 2.18. The van der Waals surface area contributed by atoms with E-state index in [0.29, 0.717) is 29.7 Å². The number of nitrogens with zero attached hydrogens (tertiary/aromatic N) is 5. The van der Waals surface area contributed by atoms with Gasteiger partial charge in [0.1, 0.15) is 12.1 Å². The Bertz CT molecular complexity index is 1060. The van der Waals surface area contributed by atoms with Gasteiger partial charge in [0.2, 0.25) is 5.91 Å². The third kappa shape index (κ3) is 3.37. The highest BCUT2D eigenvalue weighted by atomic mass is 16.2. The molecule has 142 valence electrons. The molecule has 0 saturated carbocycles. The van der Waals surface area contributed by atoms with E-state index >= 15 is 0 Å². The Hall–Kier alpha value is -2.96. The van der Waals surface area contributed by atoms with Crippen LogP contribution in [0.1, 0.15) is 30.7 Å². The zero-order valence-electron chi connectivity index (χ0n) is 16.5. The van der Waals surface area contributed by atoms with Gasteiger partial charge in [-0.15, -0.1) is 0 Å². The van der Waals surface area contributed by atoms with E-state index in [1.807, 2.05) is 52.8 Å². The van der Waals surface area contributed by atoms with Crippen LogP contribution in [-0.4, -0.2) is 43.5 Å². The second-order valence-corrected chi connectivity index (χ2v) is 6.70. The zero-order chi connectivity index (χ0) is 19.7.